The summed E-state index contributed by atoms with van der Waals surface area (Å²) in [4.78, 5) is 0. The number of nitrogens with two attached hydrogens (primary N) is 1. The Bertz CT molecular complexity index is 919. The lowest BCUT2D eigenvalue weighted by Gasteiger charge is -2.27. The molecule has 0 aliphatic carbocycles. The van der Waals surface area contributed by atoms with Crippen molar-refractivity contribution in [1.82, 2.24) is 0 Å². The normalized spacial score (nSPS) is 15.9. The van der Waals surface area contributed by atoms with Gasteiger partial charge < -0.3 is 19.9 Å². The molecule has 25 heavy (non-hydrogen) atoms. The number of rotatable bonds is 3. The highest BCUT2D eigenvalue weighted by Crippen LogP contribution is 2.46. The van der Waals surface area contributed by atoms with Crippen LogP contribution in [0.4, 0.5) is 0 Å². The van der Waals surface area contributed by atoms with Crippen LogP contribution in [-0.4, -0.2) is 14.2 Å². The number of methoxy groups -OCH3 is 2. The molecule has 0 amide bonds. The second-order valence-corrected chi connectivity index (χ2v) is 7.12. The predicted molar refractivity (Wildman–Crippen MR) is 101 cm³/mol. The minimum atomic E-state index is -0.363. The average molecular weight is 466 g/mol. The first-order valence-electron chi connectivity index (χ1n) is 7.28. The topological polar surface area (TPSA) is 77.5 Å². The first-order valence-corrected chi connectivity index (χ1v) is 8.87. The van der Waals surface area contributed by atoms with E-state index in [2.05, 4.69) is 37.9 Å². The number of ether oxygens (including phenoxy) is 3. The molecule has 1 aliphatic rings. The van der Waals surface area contributed by atoms with Gasteiger partial charge in [-0.05, 0) is 45.8 Å². The summed E-state index contributed by atoms with van der Waals surface area (Å²) >= 11 is 6.93. The molecule has 1 atom stereocenters. The minimum absolute atomic E-state index is 0.101. The summed E-state index contributed by atoms with van der Waals surface area (Å²) in [6.07, 6.45) is 0. The molecule has 2 aromatic rings. The summed E-state index contributed by atoms with van der Waals surface area (Å²) in [5.41, 5.74) is 8.05. The zero-order chi connectivity index (χ0) is 18.1. The smallest absolute Gasteiger partial charge is 0.205 e. The van der Waals surface area contributed by atoms with Crippen molar-refractivity contribution in [2.45, 2.75) is 5.92 Å². The SMILES string of the molecule is COc1cc(C2C(C#N)=C(N)Oc3cc(Br)ccc32)cc(Br)c1OC. The maximum Gasteiger partial charge on any atom is 0.205 e. The summed E-state index contributed by atoms with van der Waals surface area (Å²) in [5.74, 6) is 1.50. The van der Waals surface area contributed by atoms with Gasteiger partial charge in [0.05, 0.1) is 24.6 Å². The second-order valence-electron chi connectivity index (χ2n) is 5.35. The molecule has 1 heterocycles. The van der Waals surface area contributed by atoms with Gasteiger partial charge in [0.25, 0.3) is 0 Å². The zero-order valence-electron chi connectivity index (χ0n) is 13.5. The third kappa shape index (κ3) is 3.08. The molecule has 1 aliphatic heterocycles. The van der Waals surface area contributed by atoms with Gasteiger partial charge in [0.1, 0.15) is 17.4 Å². The highest BCUT2D eigenvalue weighted by atomic mass is 79.9. The highest BCUT2D eigenvalue weighted by molar-refractivity contribution is 9.10. The monoisotopic (exact) mass is 464 g/mol. The number of fused-ring (bicyclic) bond motifs is 1. The molecule has 0 spiro atoms. The highest BCUT2D eigenvalue weighted by Gasteiger charge is 2.31. The van der Waals surface area contributed by atoms with E-state index in [1.54, 1.807) is 14.2 Å². The minimum Gasteiger partial charge on any atom is -0.493 e. The van der Waals surface area contributed by atoms with Crippen LogP contribution < -0.4 is 19.9 Å². The van der Waals surface area contributed by atoms with Crippen LogP contribution >= 0.6 is 31.9 Å². The summed E-state index contributed by atoms with van der Waals surface area (Å²) in [5, 5.41) is 9.63. The summed E-state index contributed by atoms with van der Waals surface area (Å²) in [6.45, 7) is 0. The largest absolute Gasteiger partial charge is 0.493 e. The summed E-state index contributed by atoms with van der Waals surface area (Å²) < 4.78 is 18.0. The maximum absolute atomic E-state index is 9.63. The van der Waals surface area contributed by atoms with Gasteiger partial charge in [-0.1, -0.05) is 22.0 Å². The number of hydrogen-bond acceptors (Lipinski definition) is 5. The van der Waals surface area contributed by atoms with Crippen LogP contribution in [-0.2, 0) is 0 Å². The van der Waals surface area contributed by atoms with Crippen LogP contribution in [0, 0.1) is 11.3 Å². The van der Waals surface area contributed by atoms with Crippen LogP contribution in [0.15, 0.2) is 50.7 Å². The molecule has 5 nitrogen and oxygen atoms in total. The molecular weight excluding hydrogens is 452 g/mol. The lowest BCUT2D eigenvalue weighted by atomic mass is 9.83. The van der Waals surface area contributed by atoms with Gasteiger partial charge in [0, 0.05) is 10.0 Å². The van der Waals surface area contributed by atoms with Crippen LogP contribution in [0.25, 0.3) is 0 Å². The van der Waals surface area contributed by atoms with Gasteiger partial charge >= 0.3 is 0 Å². The van der Waals surface area contributed by atoms with Gasteiger partial charge in [0.15, 0.2) is 11.5 Å². The summed E-state index contributed by atoms with van der Waals surface area (Å²) in [7, 11) is 3.14. The average Bonchev–Trinajstić information content (AvgIpc) is 2.59. The van der Waals surface area contributed by atoms with Crippen molar-refractivity contribution >= 4 is 31.9 Å². The quantitative estimate of drug-likeness (QED) is 0.724. The van der Waals surface area contributed by atoms with Crippen molar-refractivity contribution in [3.05, 3.63) is 61.9 Å². The van der Waals surface area contributed by atoms with E-state index in [9.17, 15) is 5.26 Å². The Labute approximate surface area is 162 Å². The Morgan fingerprint density at radius 1 is 1.16 bits per heavy atom. The van der Waals surface area contributed by atoms with E-state index in [0.29, 0.717) is 22.8 Å². The second kappa shape index (κ2) is 6.98. The predicted octanol–water partition coefficient (Wildman–Crippen LogP) is 4.45. The van der Waals surface area contributed by atoms with Crippen LogP contribution in [0.2, 0.25) is 0 Å². The third-order valence-corrected chi connectivity index (χ3v) is 5.05. The van der Waals surface area contributed by atoms with E-state index in [-0.39, 0.29) is 11.8 Å². The first-order chi connectivity index (χ1) is 12.0. The van der Waals surface area contributed by atoms with E-state index < -0.39 is 0 Å². The number of nitrogens with zero attached hydrogens (tertiary/aromatic N) is 1. The van der Waals surface area contributed by atoms with Crippen molar-refractivity contribution < 1.29 is 14.2 Å². The van der Waals surface area contributed by atoms with Gasteiger partial charge in [-0.25, -0.2) is 0 Å². The molecule has 0 saturated heterocycles. The van der Waals surface area contributed by atoms with Crippen LogP contribution in [0.3, 0.4) is 0 Å². The first kappa shape index (κ1) is 17.6. The lowest BCUT2D eigenvalue weighted by molar-refractivity contribution is 0.352. The molecule has 2 N–H and O–H groups in total. The molecule has 0 fully saturated rings. The zero-order valence-corrected chi connectivity index (χ0v) is 16.6. The van der Waals surface area contributed by atoms with Gasteiger partial charge in [-0.3, -0.25) is 0 Å². The van der Waals surface area contributed by atoms with Crippen molar-refractivity contribution in [2.24, 2.45) is 5.73 Å². The van der Waals surface area contributed by atoms with Gasteiger partial charge in [0.2, 0.25) is 5.88 Å². The van der Waals surface area contributed by atoms with Crippen molar-refractivity contribution in [3.63, 3.8) is 0 Å². The standard InChI is InChI=1S/C18H14Br2N2O3/c1-23-15-6-9(5-13(20)17(15)24-2)16-11-4-3-10(19)7-14(11)25-18(22)12(16)8-21/h3-7,16H,22H2,1-2H3. The number of benzene rings is 2. The summed E-state index contributed by atoms with van der Waals surface area (Å²) in [6, 6.07) is 11.6. The number of allylic oxidation sites excluding steroid dienone is 1. The van der Waals surface area contributed by atoms with E-state index in [1.165, 1.54) is 0 Å². The molecule has 128 valence electrons. The molecular formula is C18H14Br2N2O3. The Hall–Kier alpha value is -2.17. The molecule has 7 heteroatoms. The molecule has 0 bridgehead atoms. The Kier molecular flexibility index (Phi) is 4.93. The number of hydrogen-bond donors (Lipinski definition) is 1. The van der Waals surface area contributed by atoms with Crippen molar-refractivity contribution in [1.29, 1.82) is 5.26 Å². The van der Waals surface area contributed by atoms with Crippen LogP contribution in [0.1, 0.15) is 17.0 Å². The van der Waals surface area contributed by atoms with Gasteiger partial charge in [-0.15, -0.1) is 0 Å². The molecule has 0 aromatic heterocycles. The Balaban J connectivity index is 2.25. The van der Waals surface area contributed by atoms with Crippen molar-refractivity contribution in [3.8, 4) is 23.3 Å². The Morgan fingerprint density at radius 2 is 1.92 bits per heavy atom. The lowest BCUT2D eigenvalue weighted by Crippen LogP contribution is -2.21. The van der Waals surface area contributed by atoms with E-state index in [0.717, 1.165) is 20.1 Å². The molecule has 3 rings (SSSR count). The van der Waals surface area contributed by atoms with E-state index in [1.807, 2.05) is 30.3 Å². The van der Waals surface area contributed by atoms with Gasteiger partial charge in [-0.2, -0.15) is 5.26 Å². The Morgan fingerprint density at radius 3 is 2.56 bits per heavy atom. The number of nitriles is 1. The molecule has 0 saturated carbocycles. The van der Waals surface area contributed by atoms with Crippen molar-refractivity contribution in [2.75, 3.05) is 14.2 Å². The number of halogens is 2. The molecule has 1 unspecified atom stereocenters. The molecule has 2 aromatic carbocycles. The fourth-order valence-electron chi connectivity index (χ4n) is 2.88. The third-order valence-electron chi connectivity index (χ3n) is 3.97. The van der Waals surface area contributed by atoms with E-state index >= 15 is 0 Å². The maximum atomic E-state index is 9.63. The fraction of sp³-hybridized carbons (Fsp3) is 0.167. The van der Waals surface area contributed by atoms with Crippen LogP contribution in [0.5, 0.6) is 17.2 Å². The van der Waals surface area contributed by atoms with E-state index in [4.69, 9.17) is 19.9 Å². The fourth-order valence-corrected chi connectivity index (χ4v) is 3.84. The molecule has 0 radical (unpaired) electrons.